The molecule has 0 aromatic heterocycles. The first kappa shape index (κ1) is 24.8. The Labute approximate surface area is 168 Å². The van der Waals surface area contributed by atoms with Crippen LogP contribution in [0.3, 0.4) is 0 Å². The van der Waals surface area contributed by atoms with Gasteiger partial charge in [0.2, 0.25) is 0 Å². The lowest BCUT2D eigenvalue weighted by Gasteiger charge is -2.20. The van der Waals surface area contributed by atoms with Gasteiger partial charge in [0.1, 0.15) is 0 Å². The van der Waals surface area contributed by atoms with Crippen LogP contribution in [-0.2, 0) is 9.53 Å². The molecule has 1 aliphatic carbocycles. The largest absolute Gasteiger partial charge is 0.479 e. The quantitative estimate of drug-likeness (QED) is 0.249. The number of aliphatic hydroxyl groups excluding tert-OH is 3. The predicted molar refractivity (Wildman–Crippen MR) is 109 cm³/mol. The molecule has 28 heavy (non-hydrogen) atoms. The number of carboxylic acids is 1. The second-order valence-corrected chi connectivity index (χ2v) is 7.60. The number of carboxylic acid groups (broad SMARTS) is 1. The maximum Gasteiger partial charge on any atom is 0.332 e. The summed E-state index contributed by atoms with van der Waals surface area (Å²) in [6, 6.07) is 0. The molecule has 1 aliphatic rings. The van der Waals surface area contributed by atoms with Crippen LogP contribution < -0.4 is 0 Å². The molecule has 0 bridgehead atoms. The highest BCUT2D eigenvalue weighted by Gasteiger charge is 2.32. The van der Waals surface area contributed by atoms with Gasteiger partial charge in [-0.1, -0.05) is 50.5 Å². The van der Waals surface area contributed by atoms with Crippen molar-refractivity contribution in [1.29, 1.82) is 0 Å². The molecule has 162 valence electrons. The van der Waals surface area contributed by atoms with Gasteiger partial charge in [-0.05, 0) is 50.4 Å². The summed E-state index contributed by atoms with van der Waals surface area (Å²) in [4.78, 5) is 11.1. The second-order valence-electron chi connectivity index (χ2n) is 7.60. The van der Waals surface area contributed by atoms with Crippen molar-refractivity contribution >= 4 is 5.97 Å². The van der Waals surface area contributed by atoms with Gasteiger partial charge in [0.25, 0.3) is 0 Å². The molecule has 6 nitrogen and oxygen atoms in total. The van der Waals surface area contributed by atoms with Gasteiger partial charge in [0.05, 0.1) is 25.4 Å². The Morgan fingerprint density at radius 2 is 2.00 bits per heavy atom. The lowest BCUT2D eigenvalue weighted by molar-refractivity contribution is -0.151. The van der Waals surface area contributed by atoms with Crippen molar-refractivity contribution in [1.82, 2.24) is 0 Å². The minimum Gasteiger partial charge on any atom is -0.479 e. The van der Waals surface area contributed by atoms with E-state index in [4.69, 9.17) is 14.9 Å². The predicted octanol–water partition coefficient (Wildman–Crippen LogP) is 3.06. The maximum atomic E-state index is 11.1. The second kappa shape index (κ2) is 14.7. The first-order chi connectivity index (χ1) is 13.5. The van der Waals surface area contributed by atoms with Crippen LogP contribution in [0.25, 0.3) is 0 Å². The Bertz CT molecular complexity index is 476. The number of aliphatic carboxylic acids is 1. The van der Waals surface area contributed by atoms with E-state index in [2.05, 4.69) is 13.0 Å². The molecule has 6 heteroatoms. The van der Waals surface area contributed by atoms with E-state index in [0.717, 1.165) is 44.9 Å². The van der Waals surface area contributed by atoms with Gasteiger partial charge in [-0.25, -0.2) is 4.79 Å². The van der Waals surface area contributed by atoms with Gasteiger partial charge in [-0.2, -0.15) is 0 Å². The zero-order valence-electron chi connectivity index (χ0n) is 17.1. The van der Waals surface area contributed by atoms with Crippen molar-refractivity contribution in [3.05, 3.63) is 24.3 Å². The van der Waals surface area contributed by atoms with Gasteiger partial charge in [0.15, 0.2) is 6.10 Å². The summed E-state index contributed by atoms with van der Waals surface area (Å²) < 4.78 is 5.13. The molecule has 0 spiro atoms. The van der Waals surface area contributed by atoms with Crippen LogP contribution in [0.5, 0.6) is 0 Å². The third-order valence-corrected chi connectivity index (χ3v) is 5.39. The third-order valence-electron chi connectivity index (χ3n) is 5.39. The normalized spacial score (nSPS) is 24.9. The van der Waals surface area contributed by atoms with Crippen LogP contribution in [0.2, 0.25) is 0 Å². The van der Waals surface area contributed by atoms with Crippen LogP contribution >= 0.6 is 0 Å². The van der Waals surface area contributed by atoms with Crippen molar-refractivity contribution in [2.75, 3.05) is 13.2 Å². The van der Waals surface area contributed by atoms with Crippen molar-refractivity contribution < 1.29 is 30.0 Å². The molecule has 0 radical (unpaired) electrons. The number of carbonyl (C=O) groups is 1. The minimum absolute atomic E-state index is 0.0410. The topological polar surface area (TPSA) is 107 Å². The summed E-state index contributed by atoms with van der Waals surface area (Å²) in [6.45, 7) is 1.92. The molecule has 0 heterocycles. The van der Waals surface area contributed by atoms with Gasteiger partial charge < -0.3 is 25.2 Å². The summed E-state index contributed by atoms with van der Waals surface area (Å²) in [7, 11) is 0. The number of hydrogen-bond donors (Lipinski definition) is 4. The highest BCUT2D eigenvalue weighted by Crippen LogP contribution is 2.36. The number of aliphatic hydroxyl groups is 3. The molecule has 0 aliphatic heterocycles. The lowest BCUT2D eigenvalue weighted by Crippen LogP contribution is -2.25. The van der Waals surface area contributed by atoms with E-state index < -0.39 is 18.2 Å². The van der Waals surface area contributed by atoms with Crippen molar-refractivity contribution in [3.8, 4) is 0 Å². The summed E-state index contributed by atoms with van der Waals surface area (Å²) in [5.41, 5.74) is 0. The van der Waals surface area contributed by atoms with Crippen molar-refractivity contribution in [2.24, 2.45) is 11.8 Å². The number of ether oxygens (including phenoxy) is 1. The Morgan fingerprint density at radius 3 is 2.68 bits per heavy atom. The summed E-state index contributed by atoms with van der Waals surface area (Å²) in [6.07, 6.45) is 13.5. The van der Waals surface area contributed by atoms with E-state index in [-0.39, 0.29) is 25.2 Å². The lowest BCUT2D eigenvalue weighted by atomic mass is 9.88. The van der Waals surface area contributed by atoms with Gasteiger partial charge in [-0.3, -0.25) is 0 Å². The molecular formula is C22H38O6. The van der Waals surface area contributed by atoms with Crippen LogP contribution in [0.15, 0.2) is 24.3 Å². The molecule has 0 aromatic carbocycles. The Morgan fingerprint density at radius 1 is 1.21 bits per heavy atom. The summed E-state index contributed by atoms with van der Waals surface area (Å²) >= 11 is 0. The van der Waals surface area contributed by atoms with E-state index in [9.17, 15) is 15.0 Å². The standard InChI is InChI=1S/C22H38O6/c1-2-3-5-8-18(24)13-11-17-12-14-20(25)19(17)9-6-4-7-10-21(22(26)27)28-16-15-23/h3,5,11,13,17-21,23-25H,2,4,6-10,12,14-16H2,1H3,(H,26,27)/t17-,18?,19+,20-,21?/m0/s1. The zero-order valence-corrected chi connectivity index (χ0v) is 17.1. The van der Waals surface area contributed by atoms with Crippen molar-refractivity contribution in [2.45, 2.75) is 83.0 Å². The Balaban J connectivity index is 2.34. The van der Waals surface area contributed by atoms with Crippen LogP contribution in [0, 0.1) is 11.8 Å². The molecular weight excluding hydrogens is 360 g/mol. The van der Waals surface area contributed by atoms with Crippen LogP contribution in [0.1, 0.15) is 64.7 Å². The smallest absolute Gasteiger partial charge is 0.332 e. The highest BCUT2D eigenvalue weighted by molar-refractivity contribution is 5.72. The van der Waals surface area contributed by atoms with E-state index in [1.165, 1.54) is 0 Å². The van der Waals surface area contributed by atoms with Crippen LogP contribution in [0.4, 0.5) is 0 Å². The average Bonchev–Trinajstić information content (AvgIpc) is 3.02. The molecule has 2 unspecified atom stereocenters. The number of rotatable bonds is 15. The maximum absolute atomic E-state index is 11.1. The number of unbranched alkanes of at least 4 members (excludes halogenated alkanes) is 2. The Hall–Kier alpha value is -1.21. The fraction of sp³-hybridized carbons (Fsp3) is 0.773. The minimum atomic E-state index is -0.989. The third kappa shape index (κ3) is 9.82. The Kier molecular flexibility index (Phi) is 13.1. The van der Waals surface area contributed by atoms with E-state index in [1.54, 1.807) is 0 Å². The first-order valence-electron chi connectivity index (χ1n) is 10.6. The molecule has 1 rings (SSSR count). The number of hydrogen-bond acceptors (Lipinski definition) is 5. The monoisotopic (exact) mass is 398 g/mol. The van der Waals surface area contributed by atoms with E-state index >= 15 is 0 Å². The first-order valence-corrected chi connectivity index (χ1v) is 10.6. The molecule has 1 fully saturated rings. The van der Waals surface area contributed by atoms with Crippen molar-refractivity contribution in [3.63, 3.8) is 0 Å². The van der Waals surface area contributed by atoms with Crippen LogP contribution in [-0.4, -0.2) is 57.9 Å². The fourth-order valence-electron chi connectivity index (χ4n) is 3.83. The van der Waals surface area contributed by atoms with E-state index in [0.29, 0.717) is 18.8 Å². The molecule has 0 aromatic rings. The van der Waals surface area contributed by atoms with E-state index in [1.807, 2.05) is 18.2 Å². The highest BCUT2D eigenvalue weighted by atomic mass is 16.5. The average molecular weight is 399 g/mol. The molecule has 0 amide bonds. The SMILES string of the molecule is CCC=CCC(O)C=C[C@H]1CC[C@H](O)[C@@H]1CCCCCC(OCCO)C(=O)O. The summed E-state index contributed by atoms with van der Waals surface area (Å²) in [5, 5.41) is 38.1. The molecule has 1 saturated carbocycles. The molecule has 4 N–H and O–H groups in total. The fourth-order valence-corrected chi connectivity index (χ4v) is 3.83. The molecule has 0 saturated heterocycles. The number of allylic oxidation sites excluding steroid dienone is 2. The van der Waals surface area contributed by atoms with Gasteiger partial charge in [0, 0.05) is 0 Å². The molecule has 5 atom stereocenters. The summed E-state index contributed by atoms with van der Waals surface area (Å²) in [5.74, 6) is -0.493. The van der Waals surface area contributed by atoms with Gasteiger partial charge in [-0.15, -0.1) is 0 Å². The van der Waals surface area contributed by atoms with Gasteiger partial charge >= 0.3 is 5.97 Å². The zero-order chi connectivity index (χ0) is 20.8.